The van der Waals surface area contributed by atoms with E-state index in [0.717, 1.165) is 21.3 Å². The molecule has 20 heavy (non-hydrogen) atoms. The zero-order valence-corrected chi connectivity index (χ0v) is 13.8. The van der Waals surface area contributed by atoms with Crippen LogP contribution in [0.2, 0.25) is 0 Å². The van der Waals surface area contributed by atoms with Gasteiger partial charge < -0.3 is 5.11 Å². The van der Waals surface area contributed by atoms with Gasteiger partial charge in [-0.2, -0.15) is 5.10 Å². The van der Waals surface area contributed by atoms with E-state index in [1.807, 2.05) is 19.3 Å². The van der Waals surface area contributed by atoms with Crippen molar-refractivity contribution in [2.24, 2.45) is 7.05 Å². The molecule has 1 N–H and O–H groups in total. The fourth-order valence-corrected chi connectivity index (χ4v) is 2.65. The highest BCUT2D eigenvalue weighted by Gasteiger charge is 2.25. The highest BCUT2D eigenvalue weighted by atomic mass is 79.9. The molecule has 2 aromatic rings. The first-order valence-electron chi connectivity index (χ1n) is 6.59. The first-order chi connectivity index (χ1) is 9.27. The second kappa shape index (κ2) is 5.66. The Morgan fingerprint density at radius 3 is 2.65 bits per heavy atom. The van der Waals surface area contributed by atoms with Gasteiger partial charge in [0, 0.05) is 47.5 Å². The minimum absolute atomic E-state index is 0.0902. The summed E-state index contributed by atoms with van der Waals surface area (Å²) in [5.41, 5.74) is 2.73. The maximum Gasteiger partial charge on any atom is 0.0864 e. The summed E-state index contributed by atoms with van der Waals surface area (Å²) in [6, 6.07) is 1.98. The van der Waals surface area contributed by atoms with Crippen LogP contribution in [0.1, 0.15) is 43.7 Å². The van der Waals surface area contributed by atoms with Gasteiger partial charge in [-0.1, -0.05) is 20.8 Å². The zero-order valence-electron chi connectivity index (χ0n) is 12.3. The van der Waals surface area contributed by atoms with Gasteiger partial charge in [0.05, 0.1) is 11.8 Å². The number of pyridine rings is 1. The molecule has 2 heterocycles. The van der Waals surface area contributed by atoms with E-state index in [-0.39, 0.29) is 5.41 Å². The SMILES string of the molecule is Cn1cc(C(O)Cc2cncc(Br)c2)c(C(C)(C)C)n1. The number of halogens is 1. The van der Waals surface area contributed by atoms with Gasteiger partial charge in [-0.25, -0.2) is 0 Å². The largest absolute Gasteiger partial charge is 0.388 e. The van der Waals surface area contributed by atoms with Crippen LogP contribution >= 0.6 is 15.9 Å². The van der Waals surface area contributed by atoms with E-state index in [9.17, 15) is 5.11 Å². The standard InChI is InChI=1S/C15H20BrN3O/c1-15(2,3)14-12(9-19(4)18-14)13(20)6-10-5-11(16)8-17-7-10/h5,7-9,13,20H,6H2,1-4H3. The molecule has 5 heteroatoms. The molecule has 1 unspecified atom stereocenters. The predicted molar refractivity (Wildman–Crippen MR) is 82.5 cm³/mol. The molecule has 0 saturated carbocycles. The molecule has 0 spiro atoms. The number of aromatic nitrogens is 3. The van der Waals surface area contributed by atoms with Crippen LogP contribution in [-0.4, -0.2) is 19.9 Å². The van der Waals surface area contributed by atoms with E-state index in [1.165, 1.54) is 0 Å². The normalized spacial score (nSPS) is 13.5. The van der Waals surface area contributed by atoms with Crippen LogP contribution in [0.4, 0.5) is 0 Å². The molecule has 0 aliphatic carbocycles. The first-order valence-corrected chi connectivity index (χ1v) is 7.38. The van der Waals surface area contributed by atoms with Crippen LogP contribution in [0.5, 0.6) is 0 Å². The lowest BCUT2D eigenvalue weighted by Gasteiger charge is -2.20. The monoisotopic (exact) mass is 337 g/mol. The van der Waals surface area contributed by atoms with E-state index in [4.69, 9.17) is 0 Å². The molecular weight excluding hydrogens is 318 g/mol. The Kier molecular flexibility index (Phi) is 4.30. The summed E-state index contributed by atoms with van der Waals surface area (Å²) < 4.78 is 2.68. The molecule has 0 fully saturated rings. The second-order valence-corrected chi connectivity index (χ2v) is 7.00. The lowest BCUT2D eigenvalue weighted by Crippen LogP contribution is -2.17. The van der Waals surface area contributed by atoms with Crippen LogP contribution < -0.4 is 0 Å². The van der Waals surface area contributed by atoms with E-state index in [0.29, 0.717) is 6.42 Å². The molecule has 0 saturated heterocycles. The lowest BCUT2D eigenvalue weighted by atomic mass is 9.87. The van der Waals surface area contributed by atoms with Crippen LogP contribution in [0, 0.1) is 0 Å². The molecule has 2 aromatic heterocycles. The molecule has 0 radical (unpaired) electrons. The Hall–Kier alpha value is -1.20. The molecular formula is C15H20BrN3O. The Labute approximate surface area is 128 Å². The fourth-order valence-electron chi connectivity index (χ4n) is 2.23. The lowest BCUT2D eigenvalue weighted by molar-refractivity contribution is 0.176. The van der Waals surface area contributed by atoms with E-state index < -0.39 is 6.10 Å². The minimum atomic E-state index is -0.575. The average Bonchev–Trinajstić information content (AvgIpc) is 2.71. The quantitative estimate of drug-likeness (QED) is 0.935. The Morgan fingerprint density at radius 1 is 1.35 bits per heavy atom. The van der Waals surface area contributed by atoms with Crippen molar-refractivity contribution >= 4 is 15.9 Å². The van der Waals surface area contributed by atoms with Crippen molar-refractivity contribution in [2.45, 2.75) is 38.7 Å². The molecule has 108 valence electrons. The molecule has 0 aromatic carbocycles. The number of nitrogens with zero attached hydrogens (tertiary/aromatic N) is 3. The zero-order chi connectivity index (χ0) is 14.9. The number of rotatable bonds is 3. The first kappa shape index (κ1) is 15.2. The third-order valence-electron chi connectivity index (χ3n) is 3.12. The van der Waals surface area contributed by atoms with Crippen LogP contribution in [0.3, 0.4) is 0 Å². The van der Waals surface area contributed by atoms with Gasteiger partial charge in [-0.05, 0) is 27.6 Å². The van der Waals surface area contributed by atoms with Gasteiger partial charge in [0.25, 0.3) is 0 Å². The van der Waals surface area contributed by atoms with Crippen molar-refractivity contribution in [1.82, 2.24) is 14.8 Å². The van der Waals surface area contributed by atoms with Crippen molar-refractivity contribution in [1.29, 1.82) is 0 Å². The highest BCUT2D eigenvalue weighted by Crippen LogP contribution is 2.30. The average molecular weight is 338 g/mol. The number of aryl methyl sites for hydroxylation is 1. The van der Waals surface area contributed by atoms with Crippen molar-refractivity contribution in [2.75, 3.05) is 0 Å². The maximum atomic E-state index is 10.5. The second-order valence-electron chi connectivity index (χ2n) is 6.09. The van der Waals surface area contributed by atoms with E-state index in [2.05, 4.69) is 46.8 Å². The molecule has 4 nitrogen and oxygen atoms in total. The summed E-state index contributed by atoms with van der Waals surface area (Å²) in [6.07, 6.45) is 5.37. The van der Waals surface area contributed by atoms with Gasteiger partial charge in [0.1, 0.15) is 0 Å². The molecule has 0 aliphatic heterocycles. The van der Waals surface area contributed by atoms with E-state index in [1.54, 1.807) is 17.1 Å². The van der Waals surface area contributed by atoms with Crippen LogP contribution in [0.25, 0.3) is 0 Å². The highest BCUT2D eigenvalue weighted by molar-refractivity contribution is 9.10. The van der Waals surface area contributed by atoms with Gasteiger partial charge in [0.15, 0.2) is 0 Å². The van der Waals surface area contributed by atoms with Crippen molar-refractivity contribution in [3.8, 4) is 0 Å². The summed E-state index contributed by atoms with van der Waals surface area (Å²) in [6.45, 7) is 6.31. The Morgan fingerprint density at radius 2 is 2.05 bits per heavy atom. The molecule has 0 amide bonds. The Balaban J connectivity index is 2.28. The molecule has 1 atom stereocenters. The third kappa shape index (κ3) is 3.46. The number of hydrogen-bond acceptors (Lipinski definition) is 3. The Bertz CT molecular complexity index is 601. The molecule has 0 bridgehead atoms. The molecule has 2 rings (SSSR count). The van der Waals surface area contributed by atoms with E-state index >= 15 is 0 Å². The number of aliphatic hydroxyl groups is 1. The van der Waals surface area contributed by atoms with Gasteiger partial charge in [-0.15, -0.1) is 0 Å². The van der Waals surface area contributed by atoms with Crippen molar-refractivity contribution in [3.63, 3.8) is 0 Å². The fraction of sp³-hybridized carbons (Fsp3) is 0.467. The topological polar surface area (TPSA) is 50.9 Å². The summed E-state index contributed by atoms with van der Waals surface area (Å²) in [5, 5.41) is 15.0. The predicted octanol–water partition coefficient (Wildman–Crippen LogP) is 3.15. The summed E-state index contributed by atoms with van der Waals surface area (Å²) in [7, 11) is 1.88. The third-order valence-corrected chi connectivity index (χ3v) is 3.55. The van der Waals surface area contributed by atoms with Gasteiger partial charge in [0.2, 0.25) is 0 Å². The van der Waals surface area contributed by atoms with Gasteiger partial charge >= 0.3 is 0 Å². The smallest absolute Gasteiger partial charge is 0.0864 e. The minimum Gasteiger partial charge on any atom is -0.388 e. The maximum absolute atomic E-state index is 10.5. The number of aliphatic hydroxyl groups excluding tert-OH is 1. The summed E-state index contributed by atoms with van der Waals surface area (Å²) in [4.78, 5) is 4.13. The van der Waals surface area contributed by atoms with Crippen molar-refractivity contribution < 1.29 is 5.11 Å². The number of hydrogen-bond donors (Lipinski definition) is 1. The van der Waals surface area contributed by atoms with Crippen molar-refractivity contribution in [3.05, 3.63) is 46.0 Å². The summed E-state index contributed by atoms with van der Waals surface area (Å²) >= 11 is 3.40. The van der Waals surface area contributed by atoms with Gasteiger partial charge in [-0.3, -0.25) is 9.67 Å². The summed E-state index contributed by atoms with van der Waals surface area (Å²) in [5.74, 6) is 0. The van der Waals surface area contributed by atoms with Crippen LogP contribution in [0.15, 0.2) is 29.1 Å². The van der Waals surface area contributed by atoms with Crippen LogP contribution in [-0.2, 0) is 18.9 Å². The molecule has 0 aliphatic rings.